The van der Waals surface area contributed by atoms with E-state index in [9.17, 15) is 0 Å². The number of nitrogens with one attached hydrogen (secondary N) is 1. The summed E-state index contributed by atoms with van der Waals surface area (Å²) in [6, 6.07) is 9.73. The van der Waals surface area contributed by atoms with Crippen LogP contribution in [0, 0.1) is 19.3 Å². The highest BCUT2D eigenvalue weighted by atomic mass is 16.5. The quantitative estimate of drug-likeness (QED) is 0.651. The summed E-state index contributed by atoms with van der Waals surface area (Å²) in [6.45, 7) is 4.52. The third kappa shape index (κ3) is 3.55. The van der Waals surface area contributed by atoms with Crippen molar-refractivity contribution >= 4 is 5.84 Å². The normalized spacial score (nSPS) is 10.2. The molecule has 0 saturated heterocycles. The van der Waals surface area contributed by atoms with Crippen molar-refractivity contribution in [1.82, 2.24) is 4.98 Å². The molecule has 4 heteroatoms. The largest absolute Gasteiger partial charge is 0.489 e. The van der Waals surface area contributed by atoms with Gasteiger partial charge in [0.1, 0.15) is 23.9 Å². The van der Waals surface area contributed by atoms with Crippen molar-refractivity contribution < 1.29 is 4.74 Å². The second-order valence-corrected chi connectivity index (χ2v) is 4.58. The van der Waals surface area contributed by atoms with Crippen molar-refractivity contribution in [2.75, 3.05) is 0 Å². The van der Waals surface area contributed by atoms with Crippen LogP contribution in [0.3, 0.4) is 0 Å². The third-order valence-electron chi connectivity index (χ3n) is 2.70. The number of benzene rings is 1. The summed E-state index contributed by atoms with van der Waals surface area (Å²) in [7, 11) is 0. The van der Waals surface area contributed by atoms with Crippen LogP contribution >= 0.6 is 0 Å². The number of aryl methyl sites for hydroxylation is 2. The van der Waals surface area contributed by atoms with Gasteiger partial charge in [0.15, 0.2) is 0 Å². The highest BCUT2D eigenvalue weighted by molar-refractivity contribution is 5.93. The summed E-state index contributed by atoms with van der Waals surface area (Å²) in [5.74, 6) is 0.812. The summed E-state index contributed by atoms with van der Waals surface area (Å²) in [5.41, 5.74) is 9.18. The first kappa shape index (κ1) is 13.1. The van der Waals surface area contributed by atoms with Gasteiger partial charge in [0, 0.05) is 6.20 Å². The Morgan fingerprint density at radius 2 is 1.89 bits per heavy atom. The number of hydrogen-bond donors (Lipinski definition) is 2. The number of aromatic nitrogens is 1. The predicted octanol–water partition coefficient (Wildman–Crippen LogP) is 2.56. The number of nitrogens with zero attached hydrogens (tertiary/aromatic N) is 1. The van der Waals surface area contributed by atoms with E-state index < -0.39 is 0 Å². The van der Waals surface area contributed by atoms with Crippen LogP contribution in [-0.2, 0) is 6.61 Å². The number of amidine groups is 1. The van der Waals surface area contributed by atoms with Crippen LogP contribution in [0.15, 0.2) is 36.5 Å². The molecule has 1 aromatic heterocycles. The zero-order valence-electron chi connectivity index (χ0n) is 11.1. The molecule has 0 fully saturated rings. The van der Waals surface area contributed by atoms with Crippen molar-refractivity contribution in [3.8, 4) is 5.75 Å². The van der Waals surface area contributed by atoms with E-state index in [1.165, 1.54) is 11.1 Å². The van der Waals surface area contributed by atoms with E-state index >= 15 is 0 Å². The molecule has 0 saturated carbocycles. The lowest BCUT2D eigenvalue weighted by Gasteiger charge is -2.09. The van der Waals surface area contributed by atoms with Gasteiger partial charge in [-0.2, -0.15) is 0 Å². The van der Waals surface area contributed by atoms with Gasteiger partial charge < -0.3 is 10.5 Å². The zero-order valence-corrected chi connectivity index (χ0v) is 11.1. The number of hydrogen-bond acceptors (Lipinski definition) is 3. The fraction of sp³-hybridized carbons (Fsp3) is 0.200. The summed E-state index contributed by atoms with van der Waals surface area (Å²) in [5, 5.41) is 7.36. The van der Waals surface area contributed by atoms with E-state index in [1.807, 2.05) is 32.0 Å². The highest BCUT2D eigenvalue weighted by Crippen LogP contribution is 2.17. The minimum Gasteiger partial charge on any atom is -0.489 e. The zero-order chi connectivity index (χ0) is 13.8. The van der Waals surface area contributed by atoms with Crippen molar-refractivity contribution in [2.45, 2.75) is 20.5 Å². The average molecular weight is 255 g/mol. The first-order valence-corrected chi connectivity index (χ1v) is 6.05. The smallest absolute Gasteiger partial charge is 0.141 e. The predicted molar refractivity (Wildman–Crippen MR) is 75.5 cm³/mol. The van der Waals surface area contributed by atoms with Gasteiger partial charge in [0.05, 0.1) is 0 Å². The molecule has 0 bridgehead atoms. The first-order chi connectivity index (χ1) is 9.04. The second-order valence-electron chi connectivity index (χ2n) is 4.58. The number of pyridine rings is 1. The first-order valence-electron chi connectivity index (χ1n) is 6.05. The van der Waals surface area contributed by atoms with E-state index in [4.69, 9.17) is 15.9 Å². The van der Waals surface area contributed by atoms with Crippen LogP contribution in [0.4, 0.5) is 0 Å². The summed E-state index contributed by atoms with van der Waals surface area (Å²) in [4.78, 5) is 4.02. The Morgan fingerprint density at radius 1 is 1.21 bits per heavy atom. The molecule has 0 aliphatic carbocycles. The van der Waals surface area contributed by atoms with Crippen molar-refractivity contribution in [3.63, 3.8) is 0 Å². The lowest BCUT2D eigenvalue weighted by molar-refractivity contribution is 0.305. The molecular formula is C15H17N3O. The molecule has 1 aromatic carbocycles. The molecular weight excluding hydrogens is 238 g/mol. The topological polar surface area (TPSA) is 72.0 Å². The maximum Gasteiger partial charge on any atom is 0.141 e. The molecule has 0 aliphatic heterocycles. The fourth-order valence-electron chi connectivity index (χ4n) is 1.89. The lowest BCUT2D eigenvalue weighted by Crippen LogP contribution is -2.13. The molecule has 0 spiro atoms. The van der Waals surface area contributed by atoms with E-state index in [0.29, 0.717) is 12.3 Å². The minimum absolute atomic E-state index is 0.0340. The second kappa shape index (κ2) is 5.52. The molecule has 0 amide bonds. The maximum absolute atomic E-state index is 7.36. The molecule has 2 rings (SSSR count). The van der Waals surface area contributed by atoms with Gasteiger partial charge in [0.2, 0.25) is 0 Å². The molecule has 98 valence electrons. The van der Waals surface area contributed by atoms with E-state index in [-0.39, 0.29) is 5.84 Å². The lowest BCUT2D eigenvalue weighted by atomic mass is 10.1. The molecule has 4 nitrogen and oxygen atoms in total. The van der Waals surface area contributed by atoms with Crippen molar-refractivity contribution in [3.05, 3.63) is 58.9 Å². The van der Waals surface area contributed by atoms with Crippen LogP contribution < -0.4 is 10.5 Å². The number of nitrogen functional groups attached to an aromatic ring is 1. The monoisotopic (exact) mass is 255 g/mol. The third-order valence-corrected chi connectivity index (χ3v) is 2.70. The molecule has 0 radical (unpaired) electrons. The molecule has 2 aromatic rings. The Bertz CT molecular complexity index is 588. The Kier molecular flexibility index (Phi) is 3.80. The molecule has 0 unspecified atom stereocenters. The van der Waals surface area contributed by atoms with Gasteiger partial charge in [-0.3, -0.25) is 10.4 Å². The SMILES string of the molecule is Cc1cc(C)cc(OCc2ccnc(C(=N)N)c2)c1. The average Bonchev–Trinajstić information content (AvgIpc) is 2.35. The van der Waals surface area contributed by atoms with E-state index in [0.717, 1.165) is 11.3 Å². The number of rotatable bonds is 4. The van der Waals surface area contributed by atoms with Gasteiger partial charge in [-0.1, -0.05) is 6.07 Å². The van der Waals surface area contributed by atoms with Crippen molar-refractivity contribution in [2.24, 2.45) is 5.73 Å². The number of nitrogens with two attached hydrogens (primary N) is 1. The van der Waals surface area contributed by atoms with Gasteiger partial charge in [0.25, 0.3) is 0 Å². The van der Waals surface area contributed by atoms with Crippen LogP contribution in [0.2, 0.25) is 0 Å². The molecule has 3 N–H and O–H groups in total. The molecule has 1 heterocycles. The van der Waals surface area contributed by atoms with Gasteiger partial charge in [-0.25, -0.2) is 0 Å². The summed E-state index contributed by atoms with van der Waals surface area (Å²) < 4.78 is 5.75. The Balaban J connectivity index is 2.10. The molecule has 0 atom stereocenters. The Hall–Kier alpha value is -2.36. The van der Waals surface area contributed by atoms with E-state index in [2.05, 4.69) is 11.1 Å². The highest BCUT2D eigenvalue weighted by Gasteiger charge is 2.02. The van der Waals surface area contributed by atoms with Gasteiger partial charge in [-0.05, 0) is 54.8 Å². The van der Waals surface area contributed by atoms with Crippen LogP contribution in [0.1, 0.15) is 22.4 Å². The summed E-state index contributed by atoms with van der Waals surface area (Å²) >= 11 is 0. The standard InChI is InChI=1S/C15H17N3O/c1-10-5-11(2)7-13(6-10)19-9-12-3-4-18-14(8-12)15(16)17/h3-8H,9H2,1-2H3,(H3,16,17). The van der Waals surface area contributed by atoms with E-state index in [1.54, 1.807) is 12.3 Å². The minimum atomic E-state index is -0.0340. The molecule has 0 aliphatic rings. The summed E-state index contributed by atoms with van der Waals surface area (Å²) in [6.07, 6.45) is 1.64. The van der Waals surface area contributed by atoms with Crippen LogP contribution in [-0.4, -0.2) is 10.8 Å². The fourth-order valence-corrected chi connectivity index (χ4v) is 1.89. The van der Waals surface area contributed by atoms with Crippen molar-refractivity contribution in [1.29, 1.82) is 5.41 Å². The Labute approximate surface area is 112 Å². The molecule has 19 heavy (non-hydrogen) atoms. The Morgan fingerprint density at radius 3 is 2.53 bits per heavy atom. The number of ether oxygens (including phenoxy) is 1. The van der Waals surface area contributed by atoms with Crippen LogP contribution in [0.25, 0.3) is 0 Å². The maximum atomic E-state index is 7.36. The van der Waals surface area contributed by atoms with Gasteiger partial charge >= 0.3 is 0 Å². The van der Waals surface area contributed by atoms with Crippen LogP contribution in [0.5, 0.6) is 5.75 Å². The van der Waals surface area contributed by atoms with Gasteiger partial charge in [-0.15, -0.1) is 0 Å².